The van der Waals surface area contributed by atoms with Gasteiger partial charge < -0.3 is 21.3 Å². The first-order valence-corrected chi connectivity index (χ1v) is 13.6. The molecule has 1 unspecified atom stereocenters. The number of nitrogens with zero attached hydrogens (tertiary/aromatic N) is 6. The molecule has 2 amide bonds. The smallest absolute Gasteiger partial charge is 0.342 e. The number of benzene rings is 2. The van der Waals surface area contributed by atoms with E-state index in [1.807, 2.05) is 37.3 Å². The van der Waals surface area contributed by atoms with E-state index in [0.29, 0.717) is 39.0 Å². The van der Waals surface area contributed by atoms with Crippen molar-refractivity contribution in [3.05, 3.63) is 71.3 Å². The average molecular weight is 557 g/mol. The minimum Gasteiger partial charge on any atom is -0.369 e. The number of nitriles is 1. The van der Waals surface area contributed by atoms with Crippen LogP contribution in [0.25, 0.3) is 0 Å². The molecule has 1 heterocycles. The molecule has 0 radical (unpaired) electrons. The van der Waals surface area contributed by atoms with Crippen molar-refractivity contribution in [1.82, 2.24) is 14.8 Å². The SMILES string of the molecule is CCN(CCCCN)C(=O)N1N=C(c2cc(F)ccc2F)SC1(CCCN(C)C(N)=NC#N)c1ccccc1. The molecule has 0 saturated carbocycles. The third kappa shape index (κ3) is 7.04. The predicted octanol–water partition coefficient (Wildman–Crippen LogP) is 4.22. The van der Waals surface area contributed by atoms with Crippen LogP contribution in [-0.2, 0) is 4.87 Å². The van der Waals surface area contributed by atoms with Gasteiger partial charge in [0.15, 0.2) is 0 Å². The normalized spacial score (nSPS) is 17.1. The molecule has 0 bridgehead atoms. The molecule has 208 valence electrons. The minimum absolute atomic E-state index is 0.00991. The fourth-order valence-corrected chi connectivity index (χ4v) is 5.74. The summed E-state index contributed by atoms with van der Waals surface area (Å²) < 4.78 is 29.1. The first kappa shape index (κ1) is 29.9. The van der Waals surface area contributed by atoms with Crippen molar-refractivity contribution >= 4 is 28.8 Å². The third-order valence-electron chi connectivity index (χ3n) is 6.46. The quantitative estimate of drug-likeness (QED) is 0.185. The maximum Gasteiger partial charge on any atom is 0.342 e. The molecule has 1 atom stereocenters. The second kappa shape index (κ2) is 13.9. The van der Waals surface area contributed by atoms with Gasteiger partial charge in [-0.3, -0.25) is 0 Å². The molecule has 0 fully saturated rings. The molecule has 3 rings (SSSR count). The molecule has 4 N–H and O–H groups in total. The Hall–Kier alpha value is -3.69. The Labute approximate surface area is 232 Å². The summed E-state index contributed by atoms with van der Waals surface area (Å²) in [6.07, 6.45) is 4.10. The van der Waals surface area contributed by atoms with Crippen LogP contribution in [0.1, 0.15) is 43.7 Å². The number of nitrogens with two attached hydrogens (primary N) is 2. The van der Waals surface area contributed by atoms with E-state index >= 15 is 0 Å². The van der Waals surface area contributed by atoms with E-state index in [1.54, 1.807) is 23.0 Å². The van der Waals surface area contributed by atoms with E-state index < -0.39 is 16.5 Å². The summed E-state index contributed by atoms with van der Waals surface area (Å²) in [5.74, 6) is -1.15. The second-order valence-corrected chi connectivity index (χ2v) is 10.3. The van der Waals surface area contributed by atoms with Gasteiger partial charge in [0.25, 0.3) is 0 Å². The fraction of sp³-hybridized carbons (Fsp3) is 0.407. The lowest BCUT2D eigenvalue weighted by atomic mass is 10.00. The highest BCUT2D eigenvalue weighted by Gasteiger charge is 2.49. The molecule has 12 heteroatoms. The van der Waals surface area contributed by atoms with Crippen molar-refractivity contribution in [2.45, 2.75) is 37.5 Å². The van der Waals surface area contributed by atoms with E-state index in [1.165, 1.54) is 16.8 Å². The Balaban J connectivity index is 2.06. The van der Waals surface area contributed by atoms with Crippen molar-refractivity contribution in [1.29, 1.82) is 5.26 Å². The van der Waals surface area contributed by atoms with Crippen molar-refractivity contribution in [2.75, 3.05) is 33.2 Å². The Bertz CT molecular complexity index is 1240. The number of hydrogen-bond acceptors (Lipinski definition) is 6. The molecular weight excluding hydrogens is 522 g/mol. The number of carbonyl (C=O) groups excluding carboxylic acids is 1. The number of rotatable bonds is 11. The molecule has 9 nitrogen and oxygen atoms in total. The van der Waals surface area contributed by atoms with Gasteiger partial charge in [-0.15, -0.1) is 4.99 Å². The van der Waals surface area contributed by atoms with Crippen LogP contribution in [0.15, 0.2) is 58.6 Å². The van der Waals surface area contributed by atoms with Gasteiger partial charge in [-0.25, -0.2) is 13.6 Å². The van der Waals surface area contributed by atoms with Gasteiger partial charge in [0.2, 0.25) is 12.2 Å². The summed E-state index contributed by atoms with van der Waals surface area (Å²) in [5, 5.41) is 15.1. The lowest BCUT2D eigenvalue weighted by Crippen LogP contribution is -2.49. The first-order valence-electron chi connectivity index (χ1n) is 12.8. The summed E-state index contributed by atoms with van der Waals surface area (Å²) in [6, 6.07) is 12.3. The number of carbonyl (C=O) groups is 1. The second-order valence-electron chi connectivity index (χ2n) is 9.05. The monoisotopic (exact) mass is 556 g/mol. The van der Waals surface area contributed by atoms with Gasteiger partial charge in [-0.2, -0.15) is 15.4 Å². The molecule has 0 spiro atoms. The van der Waals surface area contributed by atoms with E-state index in [4.69, 9.17) is 16.7 Å². The topological polar surface area (TPSA) is 127 Å². The van der Waals surface area contributed by atoms with E-state index in [0.717, 1.165) is 36.6 Å². The molecule has 2 aromatic carbocycles. The predicted molar refractivity (Wildman–Crippen MR) is 150 cm³/mol. The number of guanidine groups is 1. The van der Waals surface area contributed by atoms with Gasteiger partial charge in [-0.1, -0.05) is 42.1 Å². The number of amides is 2. The molecule has 0 aliphatic carbocycles. The number of aliphatic imine (C=N–C) groups is 1. The Kier molecular flexibility index (Phi) is 10.7. The highest BCUT2D eigenvalue weighted by atomic mass is 32.2. The zero-order valence-corrected chi connectivity index (χ0v) is 23.0. The molecule has 1 aliphatic rings. The molecule has 39 heavy (non-hydrogen) atoms. The van der Waals surface area contributed by atoms with Gasteiger partial charge in [0.1, 0.15) is 21.5 Å². The maximum absolute atomic E-state index is 14.9. The van der Waals surface area contributed by atoms with Crippen molar-refractivity contribution < 1.29 is 13.6 Å². The summed E-state index contributed by atoms with van der Waals surface area (Å²) >= 11 is 1.22. The van der Waals surface area contributed by atoms with Gasteiger partial charge in [0.05, 0.1) is 0 Å². The van der Waals surface area contributed by atoms with E-state index in [-0.39, 0.29) is 22.6 Å². The molecule has 2 aromatic rings. The van der Waals surface area contributed by atoms with Crippen LogP contribution in [0, 0.1) is 23.1 Å². The Morgan fingerprint density at radius 2 is 1.92 bits per heavy atom. The average Bonchev–Trinajstić information content (AvgIpc) is 3.33. The summed E-state index contributed by atoms with van der Waals surface area (Å²) in [4.78, 5) is 19.9. The lowest BCUT2D eigenvalue weighted by Gasteiger charge is -2.38. The van der Waals surface area contributed by atoms with Crippen molar-refractivity contribution in [3.8, 4) is 6.19 Å². The Morgan fingerprint density at radius 3 is 2.59 bits per heavy atom. The number of unbranched alkanes of at least 4 members (excludes halogenated alkanes) is 1. The molecule has 0 saturated heterocycles. The standard InChI is InChI=1S/C27H34F2N8OS/c1-3-36(17-8-7-15-30)26(38)37-27(20-10-5-4-6-11-20,14-9-16-35(2)25(32)33-19-31)39-24(34-37)22-18-21(28)12-13-23(22)29/h4-6,10-13,18H,3,7-9,14-17,30H2,1-2H3,(H2,32,33). The highest BCUT2D eigenvalue weighted by Crippen LogP contribution is 2.51. The minimum atomic E-state index is -1.05. The summed E-state index contributed by atoms with van der Waals surface area (Å²) in [6.45, 7) is 3.77. The van der Waals surface area contributed by atoms with Crippen LogP contribution in [0.4, 0.5) is 13.6 Å². The van der Waals surface area contributed by atoms with Gasteiger partial charge in [0, 0.05) is 32.2 Å². The van der Waals surface area contributed by atoms with Crippen LogP contribution in [0.3, 0.4) is 0 Å². The zero-order valence-electron chi connectivity index (χ0n) is 22.2. The van der Waals surface area contributed by atoms with Gasteiger partial charge in [-0.05, 0) is 62.9 Å². The maximum atomic E-state index is 14.9. The van der Waals surface area contributed by atoms with E-state index in [9.17, 15) is 13.6 Å². The number of halogens is 2. The van der Waals surface area contributed by atoms with Crippen molar-refractivity contribution in [2.24, 2.45) is 21.6 Å². The Morgan fingerprint density at radius 1 is 1.18 bits per heavy atom. The third-order valence-corrected chi connectivity index (χ3v) is 7.91. The number of hydrazone groups is 1. The number of urea groups is 1. The van der Waals surface area contributed by atoms with Crippen LogP contribution in [0.5, 0.6) is 0 Å². The van der Waals surface area contributed by atoms with Crippen molar-refractivity contribution in [3.63, 3.8) is 0 Å². The zero-order chi connectivity index (χ0) is 28.4. The highest BCUT2D eigenvalue weighted by molar-refractivity contribution is 8.15. The van der Waals surface area contributed by atoms with Crippen LogP contribution in [-0.4, -0.2) is 65.1 Å². The molecule has 1 aliphatic heterocycles. The largest absolute Gasteiger partial charge is 0.369 e. The summed E-state index contributed by atoms with van der Waals surface area (Å²) in [5.41, 5.74) is 12.3. The fourth-order valence-electron chi connectivity index (χ4n) is 4.32. The van der Waals surface area contributed by atoms with Crippen LogP contribution >= 0.6 is 11.8 Å². The van der Waals surface area contributed by atoms with Crippen LogP contribution in [0.2, 0.25) is 0 Å². The molecular formula is C27H34F2N8OS. The number of hydrogen-bond donors (Lipinski definition) is 2. The first-order chi connectivity index (χ1) is 18.8. The number of thioether (sulfide) groups is 1. The van der Waals surface area contributed by atoms with E-state index in [2.05, 4.69) is 10.1 Å². The summed E-state index contributed by atoms with van der Waals surface area (Å²) in [7, 11) is 1.72. The van der Waals surface area contributed by atoms with Gasteiger partial charge >= 0.3 is 6.03 Å². The lowest BCUT2D eigenvalue weighted by molar-refractivity contribution is 0.123. The molecule has 0 aromatic heterocycles. The van der Waals surface area contributed by atoms with Crippen LogP contribution < -0.4 is 11.5 Å².